The number of aromatic nitrogens is 2. The summed E-state index contributed by atoms with van der Waals surface area (Å²) in [6, 6.07) is 20.3. The fourth-order valence-electron chi connectivity index (χ4n) is 2.09. The van der Waals surface area contributed by atoms with Crippen LogP contribution < -0.4 is 10.6 Å². The summed E-state index contributed by atoms with van der Waals surface area (Å²) >= 11 is 6.08. The monoisotopic (exact) mass is 338 g/mol. The second-order valence-electron chi connectivity index (χ2n) is 5.08. The summed E-state index contributed by atoms with van der Waals surface area (Å²) in [5.74, 6) is 0.248. The molecule has 0 saturated heterocycles. The molecule has 3 aromatic rings. The quantitative estimate of drug-likeness (QED) is 0.742. The molecule has 2 aromatic carbocycles. The average Bonchev–Trinajstić information content (AvgIpc) is 2.63. The van der Waals surface area contributed by atoms with Gasteiger partial charge in [0.05, 0.1) is 10.7 Å². The molecule has 1 heterocycles. The zero-order chi connectivity index (χ0) is 16.8. The molecular weight excluding hydrogens is 324 g/mol. The molecule has 0 atom stereocenters. The highest BCUT2D eigenvalue weighted by molar-refractivity contribution is 6.33. The number of carbonyl (C=O) groups excluding carboxylic acids is 1. The number of rotatable bonds is 5. The third-order valence-corrected chi connectivity index (χ3v) is 3.66. The first-order valence-corrected chi connectivity index (χ1v) is 7.77. The van der Waals surface area contributed by atoms with E-state index in [4.69, 9.17) is 11.6 Å². The van der Waals surface area contributed by atoms with E-state index in [1.807, 2.05) is 48.5 Å². The molecule has 1 aromatic heterocycles. The Kier molecular flexibility index (Phi) is 5.03. The molecule has 0 radical (unpaired) electrons. The van der Waals surface area contributed by atoms with Crippen molar-refractivity contribution in [2.75, 3.05) is 5.32 Å². The Morgan fingerprint density at radius 3 is 2.38 bits per heavy atom. The number of carbonyl (C=O) groups is 1. The molecule has 5 nitrogen and oxygen atoms in total. The lowest BCUT2D eigenvalue weighted by atomic mass is 10.2. The van der Waals surface area contributed by atoms with E-state index in [9.17, 15) is 4.79 Å². The van der Waals surface area contributed by atoms with E-state index in [1.165, 1.54) is 0 Å². The Morgan fingerprint density at radius 1 is 0.917 bits per heavy atom. The summed E-state index contributed by atoms with van der Waals surface area (Å²) < 4.78 is 0. The van der Waals surface area contributed by atoms with Crippen LogP contribution in [0.1, 0.15) is 16.1 Å². The van der Waals surface area contributed by atoms with Crippen molar-refractivity contribution in [3.8, 4) is 0 Å². The van der Waals surface area contributed by atoms with Crippen LogP contribution in [-0.2, 0) is 6.54 Å². The zero-order valence-electron chi connectivity index (χ0n) is 12.7. The Hall–Kier alpha value is -2.92. The fourth-order valence-corrected chi connectivity index (χ4v) is 2.27. The number of nitrogens with one attached hydrogen (secondary N) is 2. The topological polar surface area (TPSA) is 66.9 Å². The second-order valence-corrected chi connectivity index (χ2v) is 5.48. The fraction of sp³-hybridized carbons (Fsp3) is 0.0556. The minimum absolute atomic E-state index is 0.260. The molecule has 0 aliphatic heterocycles. The smallest absolute Gasteiger partial charge is 0.272 e. The van der Waals surface area contributed by atoms with Crippen molar-refractivity contribution >= 4 is 29.0 Å². The van der Waals surface area contributed by atoms with Crippen LogP contribution in [0.15, 0.2) is 66.7 Å². The first kappa shape index (κ1) is 16.0. The predicted octanol–water partition coefficient (Wildman–Crippen LogP) is 3.80. The molecule has 24 heavy (non-hydrogen) atoms. The molecule has 0 bridgehead atoms. The average molecular weight is 339 g/mol. The van der Waals surface area contributed by atoms with E-state index in [0.29, 0.717) is 17.4 Å². The van der Waals surface area contributed by atoms with Crippen molar-refractivity contribution in [2.24, 2.45) is 0 Å². The predicted molar refractivity (Wildman–Crippen MR) is 94.4 cm³/mol. The van der Waals surface area contributed by atoms with Crippen molar-refractivity contribution in [3.05, 3.63) is 83.0 Å². The van der Waals surface area contributed by atoms with Crippen molar-refractivity contribution in [2.45, 2.75) is 6.54 Å². The number of benzene rings is 2. The normalized spacial score (nSPS) is 10.2. The van der Waals surface area contributed by atoms with E-state index in [-0.39, 0.29) is 11.6 Å². The molecule has 2 N–H and O–H groups in total. The Morgan fingerprint density at radius 2 is 1.67 bits per heavy atom. The summed E-state index contributed by atoms with van der Waals surface area (Å²) in [7, 11) is 0. The van der Waals surface area contributed by atoms with Gasteiger partial charge in [-0.05, 0) is 29.8 Å². The minimum atomic E-state index is -0.268. The molecule has 6 heteroatoms. The van der Waals surface area contributed by atoms with Crippen molar-refractivity contribution < 1.29 is 4.79 Å². The van der Waals surface area contributed by atoms with Gasteiger partial charge in [-0.25, -0.2) is 0 Å². The van der Waals surface area contributed by atoms with Gasteiger partial charge in [0, 0.05) is 6.54 Å². The van der Waals surface area contributed by atoms with Gasteiger partial charge in [0.1, 0.15) is 0 Å². The number of hydrogen-bond acceptors (Lipinski definition) is 4. The minimum Gasteiger partial charge on any atom is -0.347 e. The molecule has 0 spiro atoms. The lowest BCUT2D eigenvalue weighted by Crippen LogP contribution is -2.24. The van der Waals surface area contributed by atoms with Crippen molar-refractivity contribution in [3.63, 3.8) is 0 Å². The largest absolute Gasteiger partial charge is 0.347 e. The van der Waals surface area contributed by atoms with Crippen LogP contribution in [0.3, 0.4) is 0 Å². The first-order chi connectivity index (χ1) is 11.7. The van der Waals surface area contributed by atoms with Gasteiger partial charge in [-0.15, -0.1) is 10.2 Å². The zero-order valence-corrected chi connectivity index (χ0v) is 13.5. The summed E-state index contributed by atoms with van der Waals surface area (Å²) in [5.41, 5.74) is 2.02. The molecule has 0 aliphatic carbocycles. The Balaban J connectivity index is 1.61. The molecular formula is C18H15ClN4O. The highest BCUT2D eigenvalue weighted by atomic mass is 35.5. The van der Waals surface area contributed by atoms with Gasteiger partial charge in [0.2, 0.25) is 0 Å². The summed E-state index contributed by atoms with van der Waals surface area (Å²) in [4.78, 5) is 12.1. The summed E-state index contributed by atoms with van der Waals surface area (Å²) in [5, 5.41) is 14.4. The molecule has 0 aliphatic rings. The number of amides is 1. The lowest BCUT2D eigenvalue weighted by molar-refractivity contribution is 0.0945. The maximum Gasteiger partial charge on any atom is 0.272 e. The SMILES string of the molecule is O=C(NCc1ccccc1)c1ccc(Nc2ccccc2Cl)nn1. The summed E-state index contributed by atoms with van der Waals surface area (Å²) in [6.45, 7) is 0.445. The molecule has 0 fully saturated rings. The van der Waals surface area contributed by atoms with Crippen LogP contribution in [0.4, 0.5) is 11.5 Å². The molecule has 3 rings (SSSR count). The molecule has 0 saturated carbocycles. The highest BCUT2D eigenvalue weighted by Gasteiger charge is 2.08. The van der Waals surface area contributed by atoms with Crippen molar-refractivity contribution in [1.29, 1.82) is 0 Å². The maximum atomic E-state index is 12.1. The lowest BCUT2D eigenvalue weighted by Gasteiger charge is -2.07. The van der Waals surface area contributed by atoms with Crippen LogP contribution >= 0.6 is 11.6 Å². The number of hydrogen-bond donors (Lipinski definition) is 2. The van der Waals surface area contributed by atoms with E-state index in [2.05, 4.69) is 20.8 Å². The standard InChI is InChI=1S/C18H15ClN4O/c19-14-8-4-5-9-15(14)21-17-11-10-16(22-23-17)18(24)20-12-13-6-2-1-3-7-13/h1-11H,12H2,(H,20,24)(H,21,23). The third kappa shape index (κ3) is 4.08. The molecule has 0 unspecified atom stereocenters. The van der Waals surface area contributed by atoms with Gasteiger partial charge < -0.3 is 10.6 Å². The van der Waals surface area contributed by atoms with Gasteiger partial charge in [0.25, 0.3) is 5.91 Å². The van der Waals surface area contributed by atoms with E-state index >= 15 is 0 Å². The van der Waals surface area contributed by atoms with Crippen LogP contribution in [0.25, 0.3) is 0 Å². The number of anilines is 2. The van der Waals surface area contributed by atoms with Gasteiger partial charge in [-0.2, -0.15) is 0 Å². The van der Waals surface area contributed by atoms with E-state index in [0.717, 1.165) is 11.3 Å². The maximum absolute atomic E-state index is 12.1. The van der Waals surface area contributed by atoms with Crippen LogP contribution in [0, 0.1) is 0 Å². The van der Waals surface area contributed by atoms with Crippen LogP contribution in [-0.4, -0.2) is 16.1 Å². The molecule has 120 valence electrons. The third-order valence-electron chi connectivity index (χ3n) is 3.33. The van der Waals surface area contributed by atoms with E-state index < -0.39 is 0 Å². The number of para-hydroxylation sites is 1. The van der Waals surface area contributed by atoms with Crippen molar-refractivity contribution in [1.82, 2.24) is 15.5 Å². The van der Waals surface area contributed by atoms with Gasteiger partial charge >= 0.3 is 0 Å². The second kappa shape index (κ2) is 7.57. The van der Waals surface area contributed by atoms with E-state index in [1.54, 1.807) is 18.2 Å². The first-order valence-electron chi connectivity index (χ1n) is 7.40. The Bertz CT molecular complexity index is 822. The van der Waals surface area contributed by atoms with Gasteiger partial charge in [-0.1, -0.05) is 54.1 Å². The van der Waals surface area contributed by atoms with Crippen LogP contribution in [0.5, 0.6) is 0 Å². The molecule has 1 amide bonds. The van der Waals surface area contributed by atoms with Gasteiger partial charge in [-0.3, -0.25) is 4.79 Å². The Labute approximate surface area is 144 Å². The highest BCUT2D eigenvalue weighted by Crippen LogP contribution is 2.23. The summed E-state index contributed by atoms with van der Waals surface area (Å²) in [6.07, 6.45) is 0. The number of nitrogens with zero attached hydrogens (tertiary/aromatic N) is 2. The number of halogens is 1. The van der Waals surface area contributed by atoms with Crippen LogP contribution in [0.2, 0.25) is 5.02 Å². The van der Waals surface area contributed by atoms with Gasteiger partial charge in [0.15, 0.2) is 11.5 Å².